The van der Waals surface area contributed by atoms with Crippen LogP contribution >= 0.6 is 0 Å². The molecule has 1 unspecified atom stereocenters. The maximum Gasteiger partial charge on any atom is 0.224 e. The minimum atomic E-state index is -0.252. The zero-order chi connectivity index (χ0) is 19.6. The number of aryl methyl sites for hydroxylation is 2. The van der Waals surface area contributed by atoms with Crippen molar-refractivity contribution in [2.75, 3.05) is 13.1 Å². The summed E-state index contributed by atoms with van der Waals surface area (Å²) >= 11 is 0. The molecule has 1 aliphatic rings. The highest BCUT2D eigenvalue weighted by atomic mass is 19.1. The third-order valence-corrected chi connectivity index (χ3v) is 5.51. The Balaban J connectivity index is 1.79. The number of aromatic amines is 1. The molecule has 27 heavy (non-hydrogen) atoms. The summed E-state index contributed by atoms with van der Waals surface area (Å²) in [5.74, 6) is 0.251. The summed E-state index contributed by atoms with van der Waals surface area (Å²) < 4.78 is 13.2. The van der Waals surface area contributed by atoms with Gasteiger partial charge in [-0.15, -0.1) is 0 Å². The van der Waals surface area contributed by atoms with Crippen LogP contribution in [0.3, 0.4) is 0 Å². The quantitative estimate of drug-likeness (QED) is 0.875. The van der Waals surface area contributed by atoms with Crippen molar-refractivity contribution in [2.24, 2.45) is 5.92 Å². The van der Waals surface area contributed by atoms with Crippen LogP contribution < -0.4 is 0 Å². The molecule has 1 aromatic heterocycles. The summed E-state index contributed by atoms with van der Waals surface area (Å²) in [6, 6.07) is 6.57. The second kappa shape index (κ2) is 8.21. The normalized spacial score (nSPS) is 19.0. The van der Waals surface area contributed by atoms with Crippen molar-refractivity contribution >= 4 is 5.91 Å². The number of hydrogen-bond donors (Lipinski definition) is 1. The van der Waals surface area contributed by atoms with Crippen LogP contribution in [0.2, 0.25) is 0 Å². The van der Waals surface area contributed by atoms with Gasteiger partial charge in [-0.25, -0.2) is 4.39 Å². The third-order valence-electron chi connectivity index (χ3n) is 5.51. The molecule has 1 aliphatic heterocycles. The van der Waals surface area contributed by atoms with E-state index in [1.807, 2.05) is 18.7 Å². The molecule has 1 N–H and O–H groups in total. The Bertz CT molecular complexity index is 764. The summed E-state index contributed by atoms with van der Waals surface area (Å²) in [7, 11) is 0. The molecule has 2 heterocycles. The highest BCUT2D eigenvalue weighted by Crippen LogP contribution is 2.23. The zero-order valence-corrected chi connectivity index (χ0v) is 16.6. The molecule has 6 heteroatoms. The lowest BCUT2D eigenvalue weighted by molar-refractivity contribution is -0.134. The van der Waals surface area contributed by atoms with Crippen LogP contribution in [0, 0.1) is 25.6 Å². The van der Waals surface area contributed by atoms with Crippen molar-refractivity contribution in [1.29, 1.82) is 0 Å². The average Bonchev–Trinajstić information content (AvgIpc) is 2.85. The second-order valence-corrected chi connectivity index (χ2v) is 7.86. The van der Waals surface area contributed by atoms with E-state index in [0.717, 1.165) is 36.6 Å². The van der Waals surface area contributed by atoms with Gasteiger partial charge < -0.3 is 4.90 Å². The third kappa shape index (κ3) is 4.56. The second-order valence-electron chi connectivity index (χ2n) is 7.86. The molecule has 1 fully saturated rings. The Morgan fingerprint density at radius 2 is 1.93 bits per heavy atom. The van der Waals surface area contributed by atoms with Gasteiger partial charge in [-0.3, -0.25) is 14.8 Å². The number of rotatable bonds is 5. The van der Waals surface area contributed by atoms with Gasteiger partial charge in [0.2, 0.25) is 5.91 Å². The van der Waals surface area contributed by atoms with Crippen molar-refractivity contribution in [1.82, 2.24) is 20.0 Å². The predicted molar refractivity (Wildman–Crippen MR) is 104 cm³/mol. The fourth-order valence-electron chi connectivity index (χ4n) is 3.77. The van der Waals surface area contributed by atoms with E-state index in [9.17, 15) is 9.18 Å². The van der Waals surface area contributed by atoms with Crippen molar-refractivity contribution < 1.29 is 9.18 Å². The van der Waals surface area contributed by atoms with E-state index in [1.165, 1.54) is 17.7 Å². The van der Waals surface area contributed by atoms with E-state index in [4.69, 9.17) is 0 Å². The highest BCUT2D eigenvalue weighted by molar-refractivity contribution is 5.77. The van der Waals surface area contributed by atoms with Crippen LogP contribution in [0.5, 0.6) is 0 Å². The Labute approximate surface area is 160 Å². The number of nitrogens with zero attached hydrogens (tertiary/aromatic N) is 3. The van der Waals surface area contributed by atoms with Crippen LogP contribution in [0.25, 0.3) is 0 Å². The first-order valence-corrected chi connectivity index (χ1v) is 9.62. The number of halogens is 1. The molecule has 0 saturated carbocycles. The minimum absolute atomic E-state index is 0.123. The summed E-state index contributed by atoms with van der Waals surface area (Å²) in [6.07, 6.45) is 0.500. The Morgan fingerprint density at radius 3 is 2.52 bits per heavy atom. The lowest BCUT2D eigenvalue weighted by Crippen LogP contribution is -2.45. The van der Waals surface area contributed by atoms with E-state index < -0.39 is 0 Å². The number of aromatic nitrogens is 2. The topological polar surface area (TPSA) is 52.2 Å². The molecule has 1 atom stereocenters. The molecule has 2 aromatic rings. The molecule has 0 spiro atoms. The summed E-state index contributed by atoms with van der Waals surface area (Å²) in [6.45, 7) is 11.3. The summed E-state index contributed by atoms with van der Waals surface area (Å²) in [5.41, 5.74) is 4.29. The monoisotopic (exact) mass is 372 g/mol. The molecule has 0 radical (unpaired) electrons. The number of nitrogens with one attached hydrogen (secondary N) is 1. The van der Waals surface area contributed by atoms with Gasteiger partial charge >= 0.3 is 0 Å². The van der Waals surface area contributed by atoms with Crippen LogP contribution in [-0.2, 0) is 17.9 Å². The van der Waals surface area contributed by atoms with E-state index in [2.05, 4.69) is 28.9 Å². The molecule has 0 bridgehead atoms. The first-order valence-electron chi connectivity index (χ1n) is 9.62. The van der Waals surface area contributed by atoms with Crippen molar-refractivity contribution in [3.8, 4) is 0 Å². The van der Waals surface area contributed by atoms with Gasteiger partial charge in [0.05, 0.1) is 5.69 Å². The van der Waals surface area contributed by atoms with E-state index in [1.54, 1.807) is 12.1 Å². The number of amides is 1. The van der Waals surface area contributed by atoms with Gasteiger partial charge in [0.25, 0.3) is 0 Å². The van der Waals surface area contributed by atoms with Gasteiger partial charge in [0.15, 0.2) is 0 Å². The lowest BCUT2D eigenvalue weighted by atomic mass is 10.0. The first kappa shape index (κ1) is 19.5. The molecular weight excluding hydrogens is 343 g/mol. The van der Waals surface area contributed by atoms with Crippen molar-refractivity contribution in [3.63, 3.8) is 0 Å². The highest BCUT2D eigenvalue weighted by Gasteiger charge is 2.32. The molecule has 0 aliphatic carbocycles. The number of carbonyl (C=O) groups excluding carboxylic acids is 1. The fourth-order valence-corrected chi connectivity index (χ4v) is 3.77. The molecular formula is C21H29FN4O. The molecule has 146 valence electrons. The van der Waals surface area contributed by atoms with E-state index >= 15 is 0 Å². The predicted octanol–water partition coefficient (Wildman–Crippen LogP) is 3.42. The fraction of sp³-hybridized carbons (Fsp3) is 0.524. The summed E-state index contributed by atoms with van der Waals surface area (Å²) in [4.78, 5) is 17.2. The van der Waals surface area contributed by atoms with Crippen LogP contribution in [0.15, 0.2) is 24.3 Å². The number of hydrogen-bond acceptors (Lipinski definition) is 3. The number of carbonyl (C=O) groups is 1. The molecule has 3 rings (SSSR count). The van der Waals surface area contributed by atoms with Crippen LogP contribution in [0.4, 0.5) is 4.39 Å². The van der Waals surface area contributed by atoms with Crippen LogP contribution in [0.1, 0.15) is 42.8 Å². The van der Waals surface area contributed by atoms with E-state index in [0.29, 0.717) is 18.9 Å². The first-order chi connectivity index (χ1) is 12.8. The number of benzene rings is 1. The van der Waals surface area contributed by atoms with Crippen molar-refractivity contribution in [2.45, 2.75) is 53.2 Å². The largest absolute Gasteiger partial charge is 0.334 e. The Kier molecular flexibility index (Phi) is 5.95. The standard InChI is InChI=1S/C21H29FN4O/c1-14(2)20-13-25(12-19-15(3)23-24-16(19)4)10-9-21(27)26(20)11-17-5-7-18(22)8-6-17/h5-8,14,20H,9-13H2,1-4H3,(H,23,24). The number of H-pyrrole nitrogens is 1. The van der Waals surface area contributed by atoms with Gasteiger partial charge in [-0.1, -0.05) is 26.0 Å². The summed E-state index contributed by atoms with van der Waals surface area (Å²) in [5, 5.41) is 7.34. The zero-order valence-electron chi connectivity index (χ0n) is 16.6. The maximum absolute atomic E-state index is 13.2. The van der Waals surface area contributed by atoms with Gasteiger partial charge in [0.1, 0.15) is 5.82 Å². The van der Waals surface area contributed by atoms with Gasteiger partial charge in [-0.05, 0) is 37.5 Å². The maximum atomic E-state index is 13.2. The van der Waals surface area contributed by atoms with Crippen LogP contribution in [-0.4, -0.2) is 45.0 Å². The van der Waals surface area contributed by atoms with E-state index in [-0.39, 0.29) is 17.8 Å². The lowest BCUT2D eigenvalue weighted by Gasteiger charge is -2.35. The average molecular weight is 372 g/mol. The Hall–Kier alpha value is -2.21. The molecule has 5 nitrogen and oxygen atoms in total. The van der Waals surface area contributed by atoms with Gasteiger partial charge in [-0.2, -0.15) is 5.10 Å². The minimum Gasteiger partial charge on any atom is -0.334 e. The molecule has 1 aromatic carbocycles. The SMILES string of the molecule is Cc1n[nH]c(C)c1CN1CCC(=O)N(Cc2ccc(F)cc2)C(C(C)C)C1. The Morgan fingerprint density at radius 1 is 1.22 bits per heavy atom. The molecule has 1 amide bonds. The smallest absolute Gasteiger partial charge is 0.224 e. The van der Waals surface area contributed by atoms with Gasteiger partial charge in [0, 0.05) is 49.9 Å². The van der Waals surface area contributed by atoms with Crippen molar-refractivity contribution in [3.05, 3.63) is 52.6 Å². The molecule has 1 saturated heterocycles.